The van der Waals surface area contributed by atoms with Gasteiger partial charge >= 0.3 is 0 Å². The first-order chi connectivity index (χ1) is 11.0. The topological polar surface area (TPSA) is 42.0 Å². The third kappa shape index (κ3) is 3.71. The van der Waals surface area contributed by atoms with Gasteiger partial charge in [0.25, 0.3) is 0 Å². The summed E-state index contributed by atoms with van der Waals surface area (Å²) in [5.74, 6) is 0.282. The standard InChI is InChI=1S/C18H17ClN2OS/c1-11(2)9-17(22)20-15-10-12(7-8-13(15)19)18-21-14-5-3-4-6-16(14)23-18/h3-8,10-11H,9H2,1-2H3,(H,20,22). The van der Waals surface area contributed by atoms with Gasteiger partial charge in [-0.2, -0.15) is 0 Å². The maximum atomic E-state index is 12.0. The van der Waals surface area contributed by atoms with E-state index in [2.05, 4.69) is 16.4 Å². The SMILES string of the molecule is CC(C)CC(=O)Nc1cc(-c2nc3ccccc3s2)ccc1Cl. The molecular weight excluding hydrogens is 328 g/mol. The summed E-state index contributed by atoms with van der Waals surface area (Å²) < 4.78 is 1.14. The summed E-state index contributed by atoms with van der Waals surface area (Å²) in [6, 6.07) is 13.6. The Morgan fingerprint density at radius 1 is 1.26 bits per heavy atom. The van der Waals surface area contributed by atoms with E-state index in [-0.39, 0.29) is 5.91 Å². The van der Waals surface area contributed by atoms with E-state index in [0.717, 1.165) is 20.8 Å². The molecule has 0 saturated carbocycles. The smallest absolute Gasteiger partial charge is 0.224 e. The molecule has 5 heteroatoms. The normalized spacial score (nSPS) is 11.1. The molecular formula is C18H17ClN2OS. The molecule has 3 aromatic rings. The number of benzene rings is 2. The van der Waals surface area contributed by atoms with Crippen LogP contribution in [-0.2, 0) is 4.79 Å². The van der Waals surface area contributed by atoms with Crippen molar-refractivity contribution in [3.05, 3.63) is 47.5 Å². The van der Waals surface area contributed by atoms with Crippen LogP contribution in [0.1, 0.15) is 20.3 Å². The summed E-state index contributed by atoms with van der Waals surface area (Å²) in [6.45, 7) is 4.03. The van der Waals surface area contributed by atoms with Crippen molar-refractivity contribution in [1.82, 2.24) is 4.98 Å². The van der Waals surface area contributed by atoms with Crippen LogP contribution in [0.25, 0.3) is 20.8 Å². The third-order valence-corrected chi connectivity index (χ3v) is 4.79. The average molecular weight is 345 g/mol. The van der Waals surface area contributed by atoms with E-state index in [9.17, 15) is 4.79 Å². The Balaban J connectivity index is 1.91. The fourth-order valence-corrected chi connectivity index (χ4v) is 3.45. The van der Waals surface area contributed by atoms with Crippen LogP contribution < -0.4 is 5.32 Å². The fourth-order valence-electron chi connectivity index (χ4n) is 2.32. The van der Waals surface area contributed by atoms with Gasteiger partial charge in [0.05, 0.1) is 20.9 Å². The van der Waals surface area contributed by atoms with E-state index in [1.807, 2.05) is 44.2 Å². The highest BCUT2D eigenvalue weighted by molar-refractivity contribution is 7.21. The van der Waals surface area contributed by atoms with E-state index in [0.29, 0.717) is 23.0 Å². The molecule has 0 aliphatic carbocycles. The van der Waals surface area contributed by atoms with Crippen molar-refractivity contribution in [1.29, 1.82) is 0 Å². The maximum absolute atomic E-state index is 12.0. The molecule has 0 atom stereocenters. The lowest BCUT2D eigenvalue weighted by Gasteiger charge is -2.10. The van der Waals surface area contributed by atoms with Crippen LogP contribution in [0.15, 0.2) is 42.5 Å². The number of amides is 1. The maximum Gasteiger partial charge on any atom is 0.224 e. The number of aromatic nitrogens is 1. The zero-order valence-corrected chi connectivity index (χ0v) is 14.5. The molecule has 0 bridgehead atoms. The molecule has 0 fully saturated rings. The largest absolute Gasteiger partial charge is 0.325 e. The number of fused-ring (bicyclic) bond motifs is 1. The summed E-state index contributed by atoms with van der Waals surface area (Å²) in [6.07, 6.45) is 0.474. The molecule has 2 aromatic carbocycles. The van der Waals surface area contributed by atoms with Gasteiger partial charge in [-0.15, -0.1) is 11.3 Å². The second-order valence-electron chi connectivity index (χ2n) is 5.83. The molecule has 0 aliphatic rings. The van der Waals surface area contributed by atoms with Gasteiger partial charge in [0.1, 0.15) is 5.01 Å². The van der Waals surface area contributed by atoms with Crippen LogP contribution in [0.5, 0.6) is 0 Å². The zero-order valence-electron chi connectivity index (χ0n) is 13.0. The van der Waals surface area contributed by atoms with Crippen molar-refractivity contribution < 1.29 is 4.79 Å². The summed E-state index contributed by atoms with van der Waals surface area (Å²) in [5.41, 5.74) is 2.57. The number of carbonyl (C=O) groups excluding carboxylic acids is 1. The van der Waals surface area contributed by atoms with Crippen molar-refractivity contribution in [3.8, 4) is 10.6 Å². The van der Waals surface area contributed by atoms with Gasteiger partial charge in [0, 0.05) is 12.0 Å². The summed E-state index contributed by atoms with van der Waals surface area (Å²) in [4.78, 5) is 16.6. The Morgan fingerprint density at radius 3 is 2.78 bits per heavy atom. The first-order valence-electron chi connectivity index (χ1n) is 7.48. The second-order valence-corrected chi connectivity index (χ2v) is 7.27. The number of thiazole rings is 1. The molecule has 23 heavy (non-hydrogen) atoms. The van der Waals surface area contributed by atoms with Crippen molar-refractivity contribution in [2.24, 2.45) is 5.92 Å². The van der Waals surface area contributed by atoms with Crippen molar-refractivity contribution >= 4 is 44.7 Å². The molecule has 0 spiro atoms. The number of carbonyl (C=O) groups is 1. The molecule has 0 radical (unpaired) electrons. The molecule has 1 N–H and O–H groups in total. The van der Waals surface area contributed by atoms with Gasteiger partial charge < -0.3 is 5.32 Å². The molecule has 0 aliphatic heterocycles. The Labute approximate surface area is 144 Å². The van der Waals surface area contributed by atoms with Crippen LogP contribution >= 0.6 is 22.9 Å². The second kappa shape index (κ2) is 6.69. The van der Waals surface area contributed by atoms with E-state index in [4.69, 9.17) is 11.6 Å². The molecule has 118 valence electrons. The van der Waals surface area contributed by atoms with Gasteiger partial charge in [-0.25, -0.2) is 4.98 Å². The highest BCUT2D eigenvalue weighted by Crippen LogP contribution is 2.33. The highest BCUT2D eigenvalue weighted by atomic mass is 35.5. The number of para-hydroxylation sites is 1. The number of nitrogens with zero attached hydrogens (tertiary/aromatic N) is 1. The van der Waals surface area contributed by atoms with Gasteiger partial charge in [-0.1, -0.05) is 43.6 Å². The molecule has 1 amide bonds. The fraction of sp³-hybridized carbons (Fsp3) is 0.222. The lowest BCUT2D eigenvalue weighted by Crippen LogP contribution is -2.14. The van der Waals surface area contributed by atoms with Crippen LogP contribution in [0.4, 0.5) is 5.69 Å². The number of anilines is 1. The number of hydrogen-bond acceptors (Lipinski definition) is 3. The minimum atomic E-state index is -0.0247. The minimum absolute atomic E-state index is 0.0247. The number of halogens is 1. The van der Waals surface area contributed by atoms with E-state index >= 15 is 0 Å². The summed E-state index contributed by atoms with van der Waals surface area (Å²) in [5, 5.41) is 4.34. The predicted molar refractivity (Wildman–Crippen MR) is 98.2 cm³/mol. The molecule has 0 unspecified atom stereocenters. The quantitative estimate of drug-likeness (QED) is 0.669. The molecule has 1 aromatic heterocycles. The van der Waals surface area contributed by atoms with E-state index in [1.54, 1.807) is 17.4 Å². The van der Waals surface area contributed by atoms with Crippen molar-refractivity contribution in [2.45, 2.75) is 20.3 Å². The number of hydrogen-bond donors (Lipinski definition) is 1. The van der Waals surface area contributed by atoms with Crippen LogP contribution in [0.2, 0.25) is 5.02 Å². The Morgan fingerprint density at radius 2 is 2.04 bits per heavy atom. The lowest BCUT2D eigenvalue weighted by molar-refractivity contribution is -0.116. The minimum Gasteiger partial charge on any atom is -0.325 e. The Hall–Kier alpha value is -1.91. The first kappa shape index (κ1) is 16.0. The zero-order chi connectivity index (χ0) is 16.4. The summed E-state index contributed by atoms with van der Waals surface area (Å²) in [7, 11) is 0. The third-order valence-electron chi connectivity index (χ3n) is 3.37. The molecule has 1 heterocycles. The van der Waals surface area contributed by atoms with E-state index < -0.39 is 0 Å². The average Bonchev–Trinajstić information content (AvgIpc) is 2.92. The van der Waals surface area contributed by atoms with Gasteiger partial charge in [-0.05, 0) is 30.2 Å². The number of nitrogens with one attached hydrogen (secondary N) is 1. The molecule has 3 nitrogen and oxygen atoms in total. The monoisotopic (exact) mass is 344 g/mol. The van der Waals surface area contributed by atoms with Gasteiger partial charge in [0.2, 0.25) is 5.91 Å². The Bertz CT molecular complexity index is 824. The van der Waals surface area contributed by atoms with Crippen LogP contribution in [0.3, 0.4) is 0 Å². The van der Waals surface area contributed by atoms with Gasteiger partial charge in [-0.3, -0.25) is 4.79 Å². The highest BCUT2D eigenvalue weighted by Gasteiger charge is 2.11. The predicted octanol–water partition coefficient (Wildman–Crippen LogP) is 5.60. The number of rotatable bonds is 4. The first-order valence-corrected chi connectivity index (χ1v) is 8.67. The Kier molecular flexibility index (Phi) is 4.64. The lowest BCUT2D eigenvalue weighted by atomic mass is 10.1. The molecule has 0 saturated heterocycles. The van der Waals surface area contributed by atoms with Crippen LogP contribution in [0, 0.1) is 5.92 Å². The van der Waals surface area contributed by atoms with Crippen LogP contribution in [-0.4, -0.2) is 10.9 Å². The summed E-state index contributed by atoms with van der Waals surface area (Å²) >= 11 is 7.84. The van der Waals surface area contributed by atoms with Crippen molar-refractivity contribution in [2.75, 3.05) is 5.32 Å². The molecule has 3 rings (SSSR count). The van der Waals surface area contributed by atoms with Crippen molar-refractivity contribution in [3.63, 3.8) is 0 Å². The van der Waals surface area contributed by atoms with E-state index in [1.165, 1.54) is 0 Å². The van der Waals surface area contributed by atoms with Gasteiger partial charge in [0.15, 0.2) is 0 Å².